The van der Waals surface area contributed by atoms with Gasteiger partial charge in [-0.2, -0.15) is 0 Å². The van der Waals surface area contributed by atoms with Crippen molar-refractivity contribution in [2.24, 2.45) is 0 Å². The number of hydrogen-bond donors (Lipinski definition) is 0. The minimum atomic E-state index is 0.722. The van der Waals surface area contributed by atoms with Crippen molar-refractivity contribution >= 4 is 6.29 Å². The van der Waals surface area contributed by atoms with E-state index in [1.165, 1.54) is 6.08 Å². The van der Waals surface area contributed by atoms with Crippen molar-refractivity contribution in [3.8, 4) is 0 Å². The summed E-state index contributed by atoms with van der Waals surface area (Å²) in [6.07, 6.45) is 6.50. The number of aromatic nitrogens is 1. The zero-order valence-electron chi connectivity index (χ0n) is 6.10. The van der Waals surface area contributed by atoms with Crippen LogP contribution in [0.2, 0.25) is 0 Å². The van der Waals surface area contributed by atoms with E-state index >= 15 is 0 Å². The molecule has 0 aliphatic carbocycles. The number of nitrogens with zero attached hydrogens (tertiary/aromatic N) is 1. The van der Waals surface area contributed by atoms with E-state index in [1.54, 1.807) is 12.3 Å². The van der Waals surface area contributed by atoms with Crippen molar-refractivity contribution in [3.63, 3.8) is 0 Å². The second-order valence-corrected chi connectivity index (χ2v) is 2.09. The molecule has 1 aromatic rings. The van der Waals surface area contributed by atoms with Gasteiger partial charge in [0.15, 0.2) is 0 Å². The highest BCUT2D eigenvalue weighted by atomic mass is 16.1. The lowest BCUT2D eigenvalue weighted by Crippen LogP contribution is -1.84. The molecular formula is C9H9NO. The summed E-state index contributed by atoms with van der Waals surface area (Å²) < 4.78 is 0. The normalized spacial score (nSPS) is 10.2. The van der Waals surface area contributed by atoms with Crippen LogP contribution in [0.15, 0.2) is 36.5 Å². The molecule has 1 aromatic heterocycles. The van der Waals surface area contributed by atoms with Crippen LogP contribution in [0.1, 0.15) is 5.69 Å². The van der Waals surface area contributed by atoms with Crippen LogP contribution in [0.3, 0.4) is 0 Å². The largest absolute Gasteiger partial charge is 0.299 e. The number of aldehydes is 1. The zero-order valence-corrected chi connectivity index (χ0v) is 6.10. The Bertz CT molecular complexity index is 241. The van der Waals surface area contributed by atoms with Crippen LogP contribution in [-0.2, 0) is 11.2 Å². The second-order valence-electron chi connectivity index (χ2n) is 2.09. The van der Waals surface area contributed by atoms with Gasteiger partial charge in [0.2, 0.25) is 0 Å². The van der Waals surface area contributed by atoms with E-state index < -0.39 is 0 Å². The van der Waals surface area contributed by atoms with Gasteiger partial charge >= 0.3 is 0 Å². The van der Waals surface area contributed by atoms with Gasteiger partial charge in [-0.3, -0.25) is 9.78 Å². The van der Waals surface area contributed by atoms with E-state index in [0.29, 0.717) is 0 Å². The molecule has 0 saturated heterocycles. The molecule has 11 heavy (non-hydrogen) atoms. The number of hydrogen-bond acceptors (Lipinski definition) is 2. The summed E-state index contributed by atoms with van der Waals surface area (Å²) in [6, 6.07) is 5.72. The Morgan fingerprint density at radius 2 is 2.36 bits per heavy atom. The van der Waals surface area contributed by atoms with E-state index in [0.717, 1.165) is 18.4 Å². The average molecular weight is 147 g/mol. The molecule has 1 heterocycles. The first-order valence-corrected chi connectivity index (χ1v) is 3.43. The van der Waals surface area contributed by atoms with E-state index in [1.807, 2.05) is 18.2 Å². The van der Waals surface area contributed by atoms with Crippen molar-refractivity contribution in [3.05, 3.63) is 42.2 Å². The van der Waals surface area contributed by atoms with E-state index in [2.05, 4.69) is 4.98 Å². The minimum Gasteiger partial charge on any atom is -0.299 e. The highest BCUT2D eigenvalue weighted by Crippen LogP contribution is 1.94. The molecule has 0 radical (unpaired) electrons. The monoisotopic (exact) mass is 147 g/mol. The third kappa shape index (κ3) is 2.76. The maximum atomic E-state index is 9.89. The van der Waals surface area contributed by atoms with Gasteiger partial charge in [0.25, 0.3) is 0 Å². The number of allylic oxidation sites excluding steroid dienone is 2. The molecule has 0 fully saturated rings. The highest BCUT2D eigenvalue weighted by molar-refractivity contribution is 5.64. The van der Waals surface area contributed by atoms with Gasteiger partial charge in [0.1, 0.15) is 6.29 Å². The smallest absolute Gasteiger partial charge is 0.142 e. The SMILES string of the molecule is O=CC=CCc1ccccn1. The van der Waals surface area contributed by atoms with Gasteiger partial charge in [-0.15, -0.1) is 0 Å². The first-order valence-electron chi connectivity index (χ1n) is 3.43. The van der Waals surface area contributed by atoms with Gasteiger partial charge < -0.3 is 0 Å². The first-order chi connectivity index (χ1) is 5.43. The predicted molar refractivity (Wildman–Crippen MR) is 43.1 cm³/mol. The summed E-state index contributed by atoms with van der Waals surface area (Å²) in [6.45, 7) is 0. The summed E-state index contributed by atoms with van der Waals surface area (Å²) >= 11 is 0. The number of pyridine rings is 1. The van der Waals surface area contributed by atoms with Crippen LogP contribution < -0.4 is 0 Å². The van der Waals surface area contributed by atoms with Gasteiger partial charge in [0.05, 0.1) is 0 Å². The Hall–Kier alpha value is -1.44. The summed E-state index contributed by atoms with van der Waals surface area (Å²) in [5, 5.41) is 0. The fourth-order valence-electron chi connectivity index (χ4n) is 0.763. The molecule has 0 atom stereocenters. The predicted octanol–water partition coefficient (Wildman–Crippen LogP) is 1.38. The molecule has 1 rings (SSSR count). The molecule has 56 valence electrons. The molecule has 0 unspecified atom stereocenters. The van der Waals surface area contributed by atoms with Crippen molar-refractivity contribution in [2.75, 3.05) is 0 Å². The van der Waals surface area contributed by atoms with Crippen molar-refractivity contribution in [1.82, 2.24) is 4.98 Å². The number of carbonyl (C=O) groups is 1. The summed E-state index contributed by atoms with van der Waals surface area (Å²) in [5.41, 5.74) is 0.977. The Kier molecular flexibility index (Phi) is 3.06. The Labute approximate surface area is 65.6 Å². The topological polar surface area (TPSA) is 30.0 Å². The van der Waals surface area contributed by atoms with Crippen LogP contribution in [-0.4, -0.2) is 11.3 Å². The molecule has 0 aromatic carbocycles. The lowest BCUT2D eigenvalue weighted by Gasteiger charge is -1.90. The molecule has 0 spiro atoms. The number of rotatable bonds is 3. The Morgan fingerprint density at radius 1 is 1.45 bits per heavy atom. The van der Waals surface area contributed by atoms with Gasteiger partial charge in [-0.1, -0.05) is 12.1 Å². The summed E-state index contributed by atoms with van der Waals surface area (Å²) in [7, 11) is 0. The summed E-state index contributed by atoms with van der Waals surface area (Å²) in [5.74, 6) is 0. The molecule has 2 nitrogen and oxygen atoms in total. The van der Waals surface area contributed by atoms with Crippen LogP contribution in [0.5, 0.6) is 0 Å². The maximum Gasteiger partial charge on any atom is 0.142 e. The second kappa shape index (κ2) is 4.39. The van der Waals surface area contributed by atoms with Gasteiger partial charge in [0, 0.05) is 18.3 Å². The van der Waals surface area contributed by atoms with Crippen molar-refractivity contribution < 1.29 is 4.79 Å². The number of carbonyl (C=O) groups excluding carboxylic acids is 1. The molecule has 0 bridgehead atoms. The standard InChI is InChI=1S/C9H9NO/c11-8-4-2-6-9-5-1-3-7-10-9/h1-5,7-8H,6H2. The molecule has 2 heteroatoms. The molecule has 0 aliphatic heterocycles. The quantitative estimate of drug-likeness (QED) is 0.477. The van der Waals surface area contributed by atoms with Gasteiger partial charge in [-0.25, -0.2) is 0 Å². The first kappa shape index (κ1) is 7.66. The zero-order chi connectivity index (χ0) is 7.94. The lowest BCUT2D eigenvalue weighted by atomic mass is 10.2. The minimum absolute atomic E-state index is 0.722. The molecule has 0 N–H and O–H groups in total. The lowest BCUT2D eigenvalue weighted by molar-refractivity contribution is -0.104. The third-order valence-corrected chi connectivity index (χ3v) is 1.27. The van der Waals surface area contributed by atoms with Crippen LogP contribution in [0.25, 0.3) is 0 Å². The molecule has 0 saturated carbocycles. The highest BCUT2D eigenvalue weighted by Gasteiger charge is 1.85. The molecule has 0 aliphatic rings. The van der Waals surface area contributed by atoms with E-state index in [9.17, 15) is 4.79 Å². The Morgan fingerprint density at radius 3 is 3.00 bits per heavy atom. The summed E-state index contributed by atoms with van der Waals surface area (Å²) in [4.78, 5) is 14.0. The van der Waals surface area contributed by atoms with Gasteiger partial charge in [-0.05, 0) is 18.2 Å². The van der Waals surface area contributed by atoms with Crippen molar-refractivity contribution in [2.45, 2.75) is 6.42 Å². The molecular weight excluding hydrogens is 138 g/mol. The van der Waals surface area contributed by atoms with Crippen LogP contribution in [0, 0.1) is 0 Å². The maximum absolute atomic E-state index is 9.89. The fourth-order valence-corrected chi connectivity index (χ4v) is 0.763. The third-order valence-electron chi connectivity index (χ3n) is 1.27. The van der Waals surface area contributed by atoms with Crippen LogP contribution in [0.4, 0.5) is 0 Å². The fraction of sp³-hybridized carbons (Fsp3) is 0.111. The van der Waals surface area contributed by atoms with Crippen molar-refractivity contribution in [1.29, 1.82) is 0 Å². The van der Waals surface area contributed by atoms with E-state index in [-0.39, 0.29) is 0 Å². The average Bonchev–Trinajstić information content (AvgIpc) is 2.07. The van der Waals surface area contributed by atoms with Crippen LogP contribution >= 0.6 is 0 Å². The molecule has 0 amide bonds. The Balaban J connectivity index is 2.51. The van der Waals surface area contributed by atoms with E-state index in [4.69, 9.17) is 0 Å².